The van der Waals surface area contributed by atoms with E-state index in [9.17, 15) is 0 Å². The first-order chi connectivity index (χ1) is 12.4. The lowest BCUT2D eigenvalue weighted by molar-refractivity contribution is 0.301. The number of ether oxygens (including phenoxy) is 1. The van der Waals surface area contributed by atoms with Crippen LogP contribution in [0.25, 0.3) is 11.1 Å². The van der Waals surface area contributed by atoms with Gasteiger partial charge in [-0.2, -0.15) is 0 Å². The zero-order valence-corrected chi connectivity index (χ0v) is 14.6. The van der Waals surface area contributed by atoms with E-state index in [1.165, 1.54) is 48.1 Å². The zero-order valence-electron chi connectivity index (χ0n) is 14.6. The normalized spacial score (nSPS) is 24.8. The first kappa shape index (κ1) is 15.3. The van der Waals surface area contributed by atoms with Gasteiger partial charge in [-0.15, -0.1) is 0 Å². The summed E-state index contributed by atoms with van der Waals surface area (Å²) in [6.07, 6.45) is 5.04. The molecule has 1 aliphatic carbocycles. The highest BCUT2D eigenvalue weighted by Crippen LogP contribution is 2.47. The molecule has 130 valence electrons. The Balaban J connectivity index is 1.54. The summed E-state index contributed by atoms with van der Waals surface area (Å²) < 4.78 is 6.20. The van der Waals surface area contributed by atoms with E-state index in [0.717, 1.165) is 31.4 Å². The number of hydrogen-bond donors (Lipinski definition) is 2. The Labute approximate surface area is 149 Å². The van der Waals surface area contributed by atoms with Crippen LogP contribution in [0.4, 0.5) is 5.69 Å². The summed E-state index contributed by atoms with van der Waals surface area (Å²) in [6.45, 7) is 3.08. The van der Waals surface area contributed by atoms with Gasteiger partial charge in [-0.05, 0) is 68.0 Å². The number of para-hydroxylation sites is 1. The van der Waals surface area contributed by atoms with Crippen molar-refractivity contribution in [2.45, 2.75) is 37.6 Å². The van der Waals surface area contributed by atoms with Crippen molar-refractivity contribution in [1.82, 2.24) is 5.32 Å². The van der Waals surface area contributed by atoms with Gasteiger partial charge in [-0.3, -0.25) is 0 Å². The van der Waals surface area contributed by atoms with E-state index in [2.05, 4.69) is 53.1 Å². The highest BCUT2D eigenvalue weighted by molar-refractivity contribution is 5.81. The molecule has 0 amide bonds. The van der Waals surface area contributed by atoms with Crippen molar-refractivity contribution in [2.75, 3.05) is 25.0 Å². The van der Waals surface area contributed by atoms with E-state index in [1.807, 2.05) is 0 Å². The van der Waals surface area contributed by atoms with Gasteiger partial charge in [-0.1, -0.05) is 30.3 Å². The minimum atomic E-state index is 0.561. The number of fused-ring (bicyclic) bond motifs is 3. The molecule has 0 bridgehead atoms. The second-order valence-corrected chi connectivity index (χ2v) is 7.70. The maximum atomic E-state index is 6.20. The molecule has 1 saturated heterocycles. The average molecular weight is 334 g/mol. The highest BCUT2D eigenvalue weighted by Gasteiger charge is 2.35. The van der Waals surface area contributed by atoms with Gasteiger partial charge in [0.15, 0.2) is 0 Å². The first-order valence-corrected chi connectivity index (χ1v) is 9.72. The summed E-state index contributed by atoms with van der Waals surface area (Å²) in [4.78, 5) is 0. The van der Waals surface area contributed by atoms with E-state index in [4.69, 9.17) is 4.74 Å². The van der Waals surface area contributed by atoms with E-state index >= 15 is 0 Å². The van der Waals surface area contributed by atoms with Gasteiger partial charge < -0.3 is 15.4 Å². The van der Waals surface area contributed by atoms with Crippen LogP contribution in [-0.2, 0) is 0 Å². The third-order valence-corrected chi connectivity index (χ3v) is 5.92. The molecule has 2 heterocycles. The van der Waals surface area contributed by atoms with Crippen LogP contribution >= 0.6 is 0 Å². The predicted molar refractivity (Wildman–Crippen MR) is 102 cm³/mol. The lowest BCUT2D eigenvalue weighted by atomic mass is 9.85. The first-order valence-electron chi connectivity index (χ1n) is 9.72. The molecule has 2 N–H and O–H groups in total. The van der Waals surface area contributed by atoms with Crippen molar-refractivity contribution in [2.24, 2.45) is 5.92 Å². The summed E-state index contributed by atoms with van der Waals surface area (Å²) in [6, 6.07) is 15.8. The summed E-state index contributed by atoms with van der Waals surface area (Å²) >= 11 is 0. The third kappa shape index (κ3) is 2.91. The standard InChI is InChI=1S/C22H26N2O/c1-2-7-21(25-14-15-8-9-15)16(4-1)17-5-3-6-20-22(17)18-10-12-23-13-11-19(18)24-20/h1-7,15,18-19,23-24H,8-14H2/t18-,19-/m0/s1. The fourth-order valence-electron chi connectivity index (χ4n) is 4.39. The zero-order chi connectivity index (χ0) is 16.6. The number of anilines is 1. The maximum absolute atomic E-state index is 6.20. The fraction of sp³-hybridized carbons (Fsp3) is 0.455. The highest BCUT2D eigenvalue weighted by atomic mass is 16.5. The lowest BCUT2D eigenvalue weighted by Crippen LogP contribution is -2.21. The topological polar surface area (TPSA) is 33.3 Å². The molecule has 5 rings (SSSR count). The predicted octanol–water partition coefficient (Wildman–Crippen LogP) is 4.40. The number of rotatable bonds is 4. The van der Waals surface area contributed by atoms with Crippen molar-refractivity contribution in [3.05, 3.63) is 48.0 Å². The molecular formula is C22H26N2O. The molecule has 2 fully saturated rings. The fourth-order valence-corrected chi connectivity index (χ4v) is 4.39. The Morgan fingerprint density at radius 2 is 1.72 bits per heavy atom. The Morgan fingerprint density at radius 3 is 2.64 bits per heavy atom. The Morgan fingerprint density at radius 1 is 0.880 bits per heavy atom. The van der Waals surface area contributed by atoms with Crippen LogP contribution in [0.2, 0.25) is 0 Å². The summed E-state index contributed by atoms with van der Waals surface area (Å²) in [5.74, 6) is 2.41. The molecule has 3 heteroatoms. The summed E-state index contributed by atoms with van der Waals surface area (Å²) in [5, 5.41) is 7.34. The van der Waals surface area contributed by atoms with E-state index in [0.29, 0.717) is 12.0 Å². The number of benzene rings is 2. The summed E-state index contributed by atoms with van der Waals surface area (Å²) in [5.41, 5.74) is 5.43. The minimum absolute atomic E-state index is 0.561. The molecule has 0 spiro atoms. The van der Waals surface area contributed by atoms with Crippen LogP contribution in [-0.4, -0.2) is 25.7 Å². The molecule has 2 aliphatic heterocycles. The third-order valence-electron chi connectivity index (χ3n) is 5.92. The Kier molecular flexibility index (Phi) is 3.90. The molecule has 25 heavy (non-hydrogen) atoms. The van der Waals surface area contributed by atoms with Gasteiger partial charge in [0, 0.05) is 23.2 Å². The molecule has 0 unspecified atom stereocenters. The molecule has 0 aromatic heterocycles. The van der Waals surface area contributed by atoms with Gasteiger partial charge >= 0.3 is 0 Å². The van der Waals surface area contributed by atoms with Crippen LogP contribution in [0.1, 0.15) is 37.2 Å². The van der Waals surface area contributed by atoms with Gasteiger partial charge in [0.25, 0.3) is 0 Å². The van der Waals surface area contributed by atoms with Crippen molar-refractivity contribution in [3.8, 4) is 16.9 Å². The summed E-state index contributed by atoms with van der Waals surface area (Å²) in [7, 11) is 0. The second kappa shape index (κ2) is 6.38. The van der Waals surface area contributed by atoms with Crippen molar-refractivity contribution in [3.63, 3.8) is 0 Å². The van der Waals surface area contributed by atoms with Crippen molar-refractivity contribution >= 4 is 5.69 Å². The maximum Gasteiger partial charge on any atom is 0.127 e. The average Bonchev–Trinajstić information content (AvgIpc) is 3.44. The molecule has 3 aliphatic rings. The largest absolute Gasteiger partial charge is 0.493 e. The van der Waals surface area contributed by atoms with Gasteiger partial charge in [0.1, 0.15) is 5.75 Å². The number of hydrogen-bond acceptors (Lipinski definition) is 3. The Bertz CT molecular complexity index is 768. The van der Waals surface area contributed by atoms with Gasteiger partial charge in [0.05, 0.1) is 6.61 Å². The second-order valence-electron chi connectivity index (χ2n) is 7.70. The molecule has 3 nitrogen and oxygen atoms in total. The van der Waals surface area contributed by atoms with Crippen molar-refractivity contribution < 1.29 is 4.74 Å². The Hall–Kier alpha value is -2.00. The molecule has 1 saturated carbocycles. The van der Waals surface area contributed by atoms with Crippen LogP contribution in [0, 0.1) is 5.92 Å². The van der Waals surface area contributed by atoms with E-state index < -0.39 is 0 Å². The number of nitrogens with one attached hydrogen (secondary N) is 2. The van der Waals surface area contributed by atoms with Crippen molar-refractivity contribution in [1.29, 1.82) is 0 Å². The lowest BCUT2D eigenvalue weighted by Gasteiger charge is -2.19. The van der Waals surface area contributed by atoms with Crippen LogP contribution in [0.15, 0.2) is 42.5 Å². The van der Waals surface area contributed by atoms with Gasteiger partial charge in [0.2, 0.25) is 0 Å². The van der Waals surface area contributed by atoms with Gasteiger partial charge in [-0.25, -0.2) is 0 Å². The minimum Gasteiger partial charge on any atom is -0.493 e. The molecular weight excluding hydrogens is 308 g/mol. The van der Waals surface area contributed by atoms with Crippen LogP contribution < -0.4 is 15.4 Å². The van der Waals surface area contributed by atoms with Crippen LogP contribution in [0.5, 0.6) is 5.75 Å². The van der Waals surface area contributed by atoms with E-state index in [1.54, 1.807) is 0 Å². The smallest absolute Gasteiger partial charge is 0.127 e. The molecule has 2 atom stereocenters. The van der Waals surface area contributed by atoms with Crippen LogP contribution in [0.3, 0.4) is 0 Å². The molecule has 0 radical (unpaired) electrons. The SMILES string of the molecule is c1ccc(-c2cccc3c2[C@H]2CCNCC[C@@H]2N3)c(OCC2CC2)c1. The molecule has 2 aromatic rings. The monoisotopic (exact) mass is 334 g/mol. The molecule has 2 aromatic carbocycles. The quantitative estimate of drug-likeness (QED) is 0.869. The van der Waals surface area contributed by atoms with E-state index in [-0.39, 0.29) is 0 Å².